The van der Waals surface area contributed by atoms with Crippen molar-refractivity contribution >= 4 is 11.7 Å². The fraction of sp³-hybridized carbons (Fsp3) is 0.615. The Balaban J connectivity index is 2.44. The van der Waals surface area contributed by atoms with Crippen LogP contribution in [0.1, 0.15) is 17.4 Å². The van der Waals surface area contributed by atoms with Crippen molar-refractivity contribution in [2.45, 2.75) is 19.2 Å². The number of hydrogen-bond donors (Lipinski definition) is 3. The number of H-pyrrole nitrogens is 1. The number of esters is 1. The van der Waals surface area contributed by atoms with E-state index in [4.69, 9.17) is 9.47 Å². The number of carbonyl (C=O) groups is 1. The minimum atomic E-state index is -4.42. The molecule has 0 bridgehead atoms. The van der Waals surface area contributed by atoms with Crippen LogP contribution < -0.4 is 10.6 Å². The molecule has 0 spiro atoms. The monoisotopic (exact) mass is 323 g/mol. The van der Waals surface area contributed by atoms with Crippen LogP contribution in [0.4, 0.5) is 18.9 Å². The van der Waals surface area contributed by atoms with Gasteiger partial charge in [-0.1, -0.05) is 0 Å². The van der Waals surface area contributed by atoms with Crippen LogP contribution in [0.15, 0.2) is 12.3 Å². The number of hydrogen-bond acceptors (Lipinski definition) is 5. The van der Waals surface area contributed by atoms with Crippen molar-refractivity contribution in [3.05, 3.63) is 18.0 Å². The summed E-state index contributed by atoms with van der Waals surface area (Å²) in [6.45, 7) is 1.57. The quantitative estimate of drug-likeness (QED) is 0.477. The molecule has 1 atom stereocenters. The fourth-order valence-corrected chi connectivity index (χ4v) is 1.73. The predicted octanol–water partition coefficient (Wildman–Crippen LogP) is 1.77. The van der Waals surface area contributed by atoms with Gasteiger partial charge in [-0.3, -0.25) is 0 Å². The third kappa shape index (κ3) is 5.57. The Morgan fingerprint density at radius 1 is 1.45 bits per heavy atom. The fourth-order valence-electron chi connectivity index (χ4n) is 1.73. The summed E-state index contributed by atoms with van der Waals surface area (Å²) >= 11 is 0. The first kappa shape index (κ1) is 18.3. The van der Waals surface area contributed by atoms with Gasteiger partial charge in [-0.05, 0) is 20.0 Å². The largest absolute Gasteiger partial charge is 0.461 e. The number of aromatic nitrogens is 1. The van der Waals surface area contributed by atoms with Crippen LogP contribution >= 0.6 is 0 Å². The van der Waals surface area contributed by atoms with Gasteiger partial charge in [0.15, 0.2) is 6.10 Å². The highest BCUT2D eigenvalue weighted by Crippen LogP contribution is 2.22. The summed E-state index contributed by atoms with van der Waals surface area (Å²) in [5.41, 5.74) is 0.684. The highest BCUT2D eigenvalue weighted by atomic mass is 19.4. The van der Waals surface area contributed by atoms with Crippen LogP contribution in [0, 0.1) is 0 Å². The molecule has 22 heavy (non-hydrogen) atoms. The van der Waals surface area contributed by atoms with E-state index in [1.54, 1.807) is 13.0 Å². The number of nitrogens with one attached hydrogen (secondary N) is 3. The molecule has 0 aromatic carbocycles. The summed E-state index contributed by atoms with van der Waals surface area (Å²) in [6, 6.07) is 1.60. The molecule has 0 saturated carbocycles. The average Bonchev–Trinajstić information content (AvgIpc) is 2.89. The molecule has 1 rings (SSSR count). The Morgan fingerprint density at radius 3 is 2.77 bits per heavy atom. The Bertz CT molecular complexity index is 463. The molecule has 1 aromatic heterocycles. The van der Waals surface area contributed by atoms with Crippen molar-refractivity contribution in [3.63, 3.8) is 0 Å². The molecule has 1 aromatic rings. The first-order valence-electron chi connectivity index (χ1n) is 6.81. The van der Waals surface area contributed by atoms with Crippen LogP contribution in [-0.2, 0) is 9.47 Å². The summed E-state index contributed by atoms with van der Waals surface area (Å²) in [5, 5.41) is 5.27. The zero-order chi connectivity index (χ0) is 16.6. The van der Waals surface area contributed by atoms with Gasteiger partial charge in [-0.25, -0.2) is 4.79 Å². The number of ether oxygens (including phenoxy) is 2. The van der Waals surface area contributed by atoms with Gasteiger partial charge in [0.1, 0.15) is 5.69 Å². The number of aromatic amines is 1. The molecule has 0 amide bonds. The standard InChI is InChI=1S/C13H20F3N3O3/c1-3-21-12(20)11-9(4-5-19-11)18-6-7-22-10(8-17-2)13(14,15)16/h4-5,10,17-19H,3,6-8H2,1-2H3. The van der Waals surface area contributed by atoms with Gasteiger partial charge in [0.25, 0.3) is 0 Å². The van der Waals surface area contributed by atoms with Crippen molar-refractivity contribution < 1.29 is 27.4 Å². The van der Waals surface area contributed by atoms with Crippen LogP contribution in [-0.4, -0.2) is 56.6 Å². The molecule has 126 valence electrons. The topological polar surface area (TPSA) is 75.4 Å². The Hall–Kier alpha value is -1.74. The van der Waals surface area contributed by atoms with E-state index < -0.39 is 18.2 Å². The second-order valence-electron chi connectivity index (χ2n) is 4.37. The van der Waals surface area contributed by atoms with Crippen LogP contribution in [0.2, 0.25) is 0 Å². The van der Waals surface area contributed by atoms with Crippen LogP contribution in [0.3, 0.4) is 0 Å². The van der Waals surface area contributed by atoms with Crippen molar-refractivity contribution in [3.8, 4) is 0 Å². The van der Waals surface area contributed by atoms with E-state index in [-0.39, 0.29) is 32.0 Å². The van der Waals surface area contributed by atoms with Crippen molar-refractivity contribution in [2.24, 2.45) is 0 Å². The highest BCUT2D eigenvalue weighted by Gasteiger charge is 2.39. The minimum Gasteiger partial charge on any atom is -0.461 e. The van der Waals surface area contributed by atoms with Crippen molar-refractivity contribution in [1.82, 2.24) is 10.3 Å². The maximum atomic E-state index is 12.6. The summed E-state index contributed by atoms with van der Waals surface area (Å²) in [4.78, 5) is 14.3. The lowest BCUT2D eigenvalue weighted by Crippen LogP contribution is -2.40. The SMILES string of the molecule is CCOC(=O)c1[nH]ccc1NCCOC(CNC)C(F)(F)F. The number of anilines is 1. The normalized spacial score (nSPS) is 13.0. The summed E-state index contributed by atoms with van der Waals surface area (Å²) < 4.78 is 47.5. The summed E-state index contributed by atoms with van der Waals surface area (Å²) in [6.07, 6.45) is -4.75. The molecule has 9 heteroatoms. The zero-order valence-corrected chi connectivity index (χ0v) is 12.4. The zero-order valence-electron chi connectivity index (χ0n) is 12.4. The number of halogens is 3. The molecule has 1 heterocycles. The van der Waals surface area contributed by atoms with E-state index >= 15 is 0 Å². The number of carbonyl (C=O) groups excluding carboxylic acids is 1. The van der Waals surface area contributed by atoms with Gasteiger partial charge in [-0.15, -0.1) is 0 Å². The van der Waals surface area contributed by atoms with E-state index in [0.29, 0.717) is 5.69 Å². The molecule has 0 aliphatic heterocycles. The molecule has 3 N–H and O–H groups in total. The second-order valence-corrected chi connectivity index (χ2v) is 4.37. The second kappa shape index (κ2) is 8.64. The highest BCUT2D eigenvalue weighted by molar-refractivity contribution is 5.93. The van der Waals surface area contributed by atoms with Crippen LogP contribution in [0.25, 0.3) is 0 Å². The Labute approximate surface area is 126 Å². The lowest BCUT2D eigenvalue weighted by Gasteiger charge is -2.20. The first-order valence-corrected chi connectivity index (χ1v) is 6.81. The van der Waals surface area contributed by atoms with Crippen molar-refractivity contribution in [2.75, 3.05) is 38.7 Å². The summed E-state index contributed by atoms with van der Waals surface area (Å²) in [7, 11) is 1.42. The van der Waals surface area contributed by atoms with E-state index in [2.05, 4.69) is 15.6 Å². The maximum absolute atomic E-state index is 12.6. The van der Waals surface area contributed by atoms with E-state index in [1.807, 2.05) is 0 Å². The Kier molecular flexibility index (Phi) is 7.19. The van der Waals surface area contributed by atoms with E-state index in [0.717, 1.165) is 0 Å². The molecule has 0 saturated heterocycles. The predicted molar refractivity (Wildman–Crippen MR) is 75.0 cm³/mol. The van der Waals surface area contributed by atoms with Gasteiger partial charge in [0.2, 0.25) is 0 Å². The van der Waals surface area contributed by atoms with Gasteiger partial charge in [0, 0.05) is 19.3 Å². The molecule has 0 aliphatic carbocycles. The molecule has 6 nitrogen and oxygen atoms in total. The number of likely N-dealkylation sites (N-methyl/N-ethyl adjacent to an activating group) is 1. The third-order valence-electron chi connectivity index (χ3n) is 2.72. The minimum absolute atomic E-state index is 0.126. The lowest BCUT2D eigenvalue weighted by molar-refractivity contribution is -0.217. The molecular formula is C13H20F3N3O3. The van der Waals surface area contributed by atoms with Gasteiger partial charge in [0.05, 0.1) is 18.9 Å². The number of rotatable bonds is 9. The van der Waals surface area contributed by atoms with Crippen molar-refractivity contribution in [1.29, 1.82) is 0 Å². The smallest absolute Gasteiger partial charge is 0.415 e. The number of alkyl halides is 3. The Morgan fingerprint density at radius 2 is 2.18 bits per heavy atom. The first-order chi connectivity index (χ1) is 10.4. The molecule has 0 aliphatic rings. The molecule has 0 radical (unpaired) electrons. The van der Waals surface area contributed by atoms with Gasteiger partial charge >= 0.3 is 12.1 Å². The van der Waals surface area contributed by atoms with Gasteiger partial charge in [-0.2, -0.15) is 13.2 Å². The average molecular weight is 323 g/mol. The lowest BCUT2D eigenvalue weighted by atomic mass is 10.3. The molecular weight excluding hydrogens is 303 g/mol. The maximum Gasteiger partial charge on any atom is 0.415 e. The van der Waals surface area contributed by atoms with Crippen LogP contribution in [0.5, 0.6) is 0 Å². The van der Waals surface area contributed by atoms with E-state index in [1.165, 1.54) is 13.2 Å². The van der Waals surface area contributed by atoms with Gasteiger partial charge < -0.3 is 25.1 Å². The summed E-state index contributed by atoms with van der Waals surface area (Å²) in [5.74, 6) is -0.528. The van der Waals surface area contributed by atoms with E-state index in [9.17, 15) is 18.0 Å². The molecule has 1 unspecified atom stereocenters. The third-order valence-corrected chi connectivity index (χ3v) is 2.72. The molecule has 0 fully saturated rings.